The Labute approximate surface area is 183 Å². The molecule has 1 heterocycles. The smallest absolute Gasteiger partial charge is 0.309 e. The van der Waals surface area contributed by atoms with Crippen LogP contribution in [0.4, 0.5) is 0 Å². The molecule has 3 aromatic carbocycles. The van der Waals surface area contributed by atoms with E-state index in [2.05, 4.69) is 42.7 Å². The first kappa shape index (κ1) is 22.4. The second kappa shape index (κ2) is 9.68. The Morgan fingerprint density at radius 2 is 1.42 bits per heavy atom. The molecule has 0 saturated heterocycles. The number of hydrogen-bond donors (Lipinski definition) is 0. The second-order valence-corrected chi connectivity index (χ2v) is 8.38. The van der Waals surface area contributed by atoms with Crippen LogP contribution in [0.2, 0.25) is 0 Å². The van der Waals surface area contributed by atoms with Crippen molar-refractivity contribution in [2.24, 2.45) is 0 Å². The lowest BCUT2D eigenvalue weighted by atomic mass is 10.2. The van der Waals surface area contributed by atoms with Crippen LogP contribution in [0.1, 0.15) is 18.3 Å². The fourth-order valence-electron chi connectivity index (χ4n) is 3.19. The van der Waals surface area contributed by atoms with Crippen LogP contribution in [0.3, 0.4) is 0 Å². The molecule has 7 heteroatoms. The normalized spacial score (nSPS) is 11.0. The Bertz CT molecular complexity index is 1230. The summed E-state index contributed by atoms with van der Waals surface area (Å²) in [4.78, 5) is -0.178. The molecule has 0 aliphatic rings. The molecule has 0 unspecified atom stereocenters. The van der Waals surface area contributed by atoms with E-state index in [0.717, 1.165) is 35.0 Å². The van der Waals surface area contributed by atoms with E-state index in [0.29, 0.717) is 0 Å². The summed E-state index contributed by atoms with van der Waals surface area (Å²) in [6.45, 7) is 6.98. The van der Waals surface area contributed by atoms with E-state index in [9.17, 15) is 13.0 Å². The average molecular weight is 436 g/mol. The molecule has 0 N–H and O–H groups in total. The van der Waals surface area contributed by atoms with Gasteiger partial charge in [0.2, 0.25) is 5.82 Å². The molecule has 0 aliphatic carbocycles. The zero-order valence-electron chi connectivity index (χ0n) is 17.8. The number of para-hydroxylation sites is 1. The van der Waals surface area contributed by atoms with Gasteiger partial charge in [0.15, 0.2) is 0 Å². The molecule has 0 amide bonds. The van der Waals surface area contributed by atoms with E-state index >= 15 is 0 Å². The van der Waals surface area contributed by atoms with Gasteiger partial charge in [-0.15, -0.1) is 0 Å². The summed E-state index contributed by atoms with van der Waals surface area (Å²) >= 11 is 0. The van der Waals surface area contributed by atoms with Gasteiger partial charge in [0.1, 0.15) is 15.8 Å². The maximum absolute atomic E-state index is 10.4. The van der Waals surface area contributed by atoms with E-state index in [1.165, 1.54) is 12.1 Å². The van der Waals surface area contributed by atoms with E-state index in [1.54, 1.807) is 12.1 Å². The molecule has 0 bridgehead atoms. The van der Waals surface area contributed by atoms with Crippen molar-refractivity contribution in [1.82, 2.24) is 9.78 Å². The van der Waals surface area contributed by atoms with Crippen LogP contribution < -0.4 is 4.57 Å². The summed E-state index contributed by atoms with van der Waals surface area (Å²) in [6, 6.07) is 26.4. The summed E-state index contributed by atoms with van der Waals surface area (Å²) in [5.41, 5.74) is 3.17. The first-order valence-electron chi connectivity index (χ1n) is 9.94. The fourth-order valence-corrected chi connectivity index (χ4v) is 3.66. The quantitative estimate of drug-likeness (QED) is 0.358. The monoisotopic (exact) mass is 435 g/mol. The van der Waals surface area contributed by atoms with Crippen LogP contribution in [0.5, 0.6) is 0 Å². The molecule has 4 rings (SSSR count). The molecule has 160 valence electrons. The molecule has 0 atom stereocenters. The van der Waals surface area contributed by atoms with Crippen molar-refractivity contribution in [3.63, 3.8) is 0 Å². The highest BCUT2D eigenvalue weighted by molar-refractivity contribution is 7.85. The van der Waals surface area contributed by atoms with Gasteiger partial charge in [-0.25, -0.2) is 13.0 Å². The lowest BCUT2D eigenvalue weighted by Crippen LogP contribution is -2.36. The minimum atomic E-state index is -4.27. The lowest BCUT2D eigenvalue weighted by molar-refractivity contribution is -0.689. The molecule has 0 spiro atoms. The SMILES string of the molecule is CC[n+]1c(-c2ccccc2)nn(-c2ccccc2)c1C.Cc1ccc(S(=O)(=O)[O-])cc1. The lowest BCUT2D eigenvalue weighted by Gasteiger charge is -2.05. The maximum Gasteiger partial charge on any atom is 0.309 e. The van der Waals surface area contributed by atoms with Crippen LogP contribution in [-0.4, -0.2) is 22.8 Å². The van der Waals surface area contributed by atoms with E-state index in [4.69, 9.17) is 5.10 Å². The van der Waals surface area contributed by atoms with Gasteiger partial charge in [-0.2, -0.15) is 0 Å². The van der Waals surface area contributed by atoms with Crippen molar-refractivity contribution >= 4 is 10.1 Å². The molecular formula is C24H25N3O3S. The van der Waals surface area contributed by atoms with Gasteiger partial charge in [-0.05, 0) is 50.2 Å². The topological polar surface area (TPSA) is 78.9 Å². The van der Waals surface area contributed by atoms with Crippen molar-refractivity contribution in [1.29, 1.82) is 0 Å². The molecule has 6 nitrogen and oxygen atoms in total. The summed E-state index contributed by atoms with van der Waals surface area (Å²) < 4.78 is 35.4. The Morgan fingerprint density at radius 3 is 1.94 bits per heavy atom. The van der Waals surface area contributed by atoms with Gasteiger partial charge < -0.3 is 4.55 Å². The van der Waals surface area contributed by atoms with E-state index < -0.39 is 10.1 Å². The number of hydrogen-bond acceptors (Lipinski definition) is 4. The predicted octanol–water partition coefficient (Wildman–Crippen LogP) is 4.05. The van der Waals surface area contributed by atoms with E-state index in [1.807, 2.05) is 48.0 Å². The maximum atomic E-state index is 10.4. The second-order valence-electron chi connectivity index (χ2n) is 7.00. The largest absolute Gasteiger partial charge is 0.744 e. The first-order chi connectivity index (χ1) is 14.8. The van der Waals surface area contributed by atoms with Crippen molar-refractivity contribution in [2.45, 2.75) is 32.2 Å². The Morgan fingerprint density at radius 1 is 0.871 bits per heavy atom. The molecule has 4 aromatic rings. The first-order valence-corrected chi connectivity index (χ1v) is 11.3. The third kappa shape index (κ3) is 5.45. The Hall–Kier alpha value is -3.29. The van der Waals surface area contributed by atoms with Crippen molar-refractivity contribution < 1.29 is 17.5 Å². The number of benzene rings is 3. The fraction of sp³-hybridized carbons (Fsp3) is 0.167. The van der Waals surface area contributed by atoms with Crippen LogP contribution in [-0.2, 0) is 16.7 Å². The number of nitrogens with zero attached hydrogens (tertiary/aromatic N) is 3. The molecule has 0 fully saturated rings. The van der Waals surface area contributed by atoms with Gasteiger partial charge >= 0.3 is 5.82 Å². The number of aryl methyl sites for hydroxylation is 1. The zero-order valence-corrected chi connectivity index (χ0v) is 18.6. The van der Waals surface area contributed by atoms with Gasteiger partial charge in [0.25, 0.3) is 0 Å². The van der Waals surface area contributed by atoms with Crippen molar-refractivity contribution in [2.75, 3.05) is 0 Å². The Balaban J connectivity index is 0.000000210. The molecule has 31 heavy (non-hydrogen) atoms. The highest BCUT2D eigenvalue weighted by atomic mass is 32.2. The van der Waals surface area contributed by atoms with Gasteiger partial charge in [0.05, 0.1) is 22.1 Å². The van der Waals surface area contributed by atoms with Crippen LogP contribution in [0, 0.1) is 13.8 Å². The average Bonchev–Trinajstić information content (AvgIpc) is 3.11. The van der Waals surface area contributed by atoms with Gasteiger partial charge in [0, 0.05) is 6.92 Å². The molecule has 0 radical (unpaired) electrons. The molecule has 1 aromatic heterocycles. The third-order valence-electron chi connectivity index (χ3n) is 4.81. The zero-order chi connectivity index (χ0) is 22.4. The Kier molecular flexibility index (Phi) is 6.99. The summed E-state index contributed by atoms with van der Waals surface area (Å²) in [5, 5.41) is 4.80. The molecular weight excluding hydrogens is 410 g/mol. The highest BCUT2D eigenvalue weighted by Gasteiger charge is 2.23. The molecule has 0 aliphatic heterocycles. The highest BCUT2D eigenvalue weighted by Crippen LogP contribution is 2.16. The van der Waals surface area contributed by atoms with Crippen LogP contribution >= 0.6 is 0 Å². The number of aromatic nitrogens is 3. The van der Waals surface area contributed by atoms with Gasteiger partial charge in [-0.3, -0.25) is 0 Å². The standard InChI is InChI=1S/C17H18N3.C7H8O3S/c1-3-19-14(2)20(16-12-8-5-9-13-16)18-17(19)15-10-6-4-7-11-15;1-6-2-4-7(5-3-6)11(8,9)10/h4-13H,3H2,1-2H3;2-5H,1H3,(H,8,9,10)/q+1;/p-1. The van der Waals surface area contributed by atoms with Gasteiger partial charge in [-0.1, -0.05) is 58.8 Å². The summed E-state index contributed by atoms with van der Waals surface area (Å²) in [7, 11) is -4.27. The van der Waals surface area contributed by atoms with Crippen LogP contribution in [0.15, 0.2) is 89.8 Å². The summed E-state index contributed by atoms with van der Waals surface area (Å²) in [6.07, 6.45) is 0. The van der Waals surface area contributed by atoms with Crippen molar-refractivity contribution in [3.05, 3.63) is 96.3 Å². The van der Waals surface area contributed by atoms with Crippen LogP contribution in [0.25, 0.3) is 17.1 Å². The minimum Gasteiger partial charge on any atom is -0.744 e. The van der Waals surface area contributed by atoms with Crippen molar-refractivity contribution in [3.8, 4) is 17.1 Å². The van der Waals surface area contributed by atoms with E-state index in [-0.39, 0.29) is 4.90 Å². The predicted molar refractivity (Wildman–Crippen MR) is 119 cm³/mol. The third-order valence-corrected chi connectivity index (χ3v) is 5.66. The minimum absolute atomic E-state index is 0.178. The summed E-state index contributed by atoms with van der Waals surface area (Å²) in [5.74, 6) is 2.15. The number of rotatable bonds is 4. The molecule has 0 saturated carbocycles.